The number of nitrogens with zero attached hydrogens (tertiary/aromatic N) is 6. The van der Waals surface area contributed by atoms with Gasteiger partial charge in [0.15, 0.2) is 5.69 Å². The van der Waals surface area contributed by atoms with Gasteiger partial charge in [-0.05, 0) is 47.1 Å². The molecule has 0 bridgehead atoms. The smallest absolute Gasteiger partial charge is 0.293 e. The number of halogens is 1. The van der Waals surface area contributed by atoms with Crippen molar-refractivity contribution in [3.63, 3.8) is 0 Å². The van der Waals surface area contributed by atoms with Gasteiger partial charge >= 0.3 is 0 Å². The highest BCUT2D eigenvalue weighted by atomic mass is 32.2. The number of hydrazone groups is 1. The monoisotopic (exact) mass is 452 g/mol. The molecule has 0 aliphatic carbocycles. The first kappa shape index (κ1) is 21.2. The van der Waals surface area contributed by atoms with Gasteiger partial charge in [-0.25, -0.2) is 14.4 Å². The van der Waals surface area contributed by atoms with Gasteiger partial charge in [-0.3, -0.25) is 4.79 Å². The van der Waals surface area contributed by atoms with E-state index in [1.54, 1.807) is 12.1 Å². The Hall–Kier alpha value is -4.06. The van der Waals surface area contributed by atoms with Crippen molar-refractivity contribution in [3.05, 3.63) is 76.9 Å². The lowest BCUT2D eigenvalue weighted by atomic mass is 10.2. The van der Waals surface area contributed by atoms with Gasteiger partial charge in [0, 0.05) is 10.6 Å². The lowest BCUT2D eigenvalue weighted by molar-refractivity contribution is 0.0949. The first-order valence-corrected chi connectivity index (χ1v) is 10.3. The van der Waals surface area contributed by atoms with E-state index in [2.05, 4.69) is 35.8 Å². The van der Waals surface area contributed by atoms with Crippen LogP contribution in [-0.4, -0.2) is 37.4 Å². The van der Waals surface area contributed by atoms with Gasteiger partial charge in [-0.1, -0.05) is 35.0 Å². The first-order valence-electron chi connectivity index (χ1n) is 9.32. The molecule has 0 saturated heterocycles. The zero-order valence-electron chi connectivity index (χ0n) is 16.8. The summed E-state index contributed by atoms with van der Waals surface area (Å²) in [4.78, 5) is 13.7. The lowest BCUT2D eigenvalue weighted by Crippen LogP contribution is -2.20. The largest absolute Gasteiger partial charge is 0.378 e. The van der Waals surface area contributed by atoms with E-state index in [0.717, 1.165) is 10.5 Å². The molecule has 1 amide bonds. The maximum atomic E-state index is 13.3. The SMILES string of the molecule is Cc1ccc(SCc2c(C(=O)N/N=C\c3cccc(F)c3)nnn2-c2nonc2N)cc1. The number of hydrogen-bond acceptors (Lipinski definition) is 9. The molecule has 10 nitrogen and oxygen atoms in total. The van der Waals surface area contributed by atoms with Crippen LogP contribution in [0, 0.1) is 12.7 Å². The number of nitrogens with two attached hydrogens (primary N) is 1. The van der Waals surface area contributed by atoms with Crippen molar-refractivity contribution < 1.29 is 13.8 Å². The second-order valence-corrected chi connectivity index (χ2v) is 7.67. The quantitative estimate of drug-likeness (QED) is 0.248. The zero-order valence-corrected chi connectivity index (χ0v) is 17.6. The molecule has 162 valence electrons. The maximum Gasteiger partial charge on any atom is 0.293 e. The van der Waals surface area contributed by atoms with Gasteiger partial charge in [-0.2, -0.15) is 9.78 Å². The summed E-state index contributed by atoms with van der Waals surface area (Å²) in [6.45, 7) is 2.00. The number of anilines is 1. The number of nitrogens with one attached hydrogen (secondary N) is 1. The predicted octanol–water partition coefficient (Wildman–Crippen LogP) is 2.74. The van der Waals surface area contributed by atoms with Crippen LogP contribution in [0.1, 0.15) is 27.3 Å². The summed E-state index contributed by atoms with van der Waals surface area (Å²) in [5.41, 5.74) is 10.3. The summed E-state index contributed by atoms with van der Waals surface area (Å²) >= 11 is 1.48. The van der Waals surface area contributed by atoms with Crippen LogP contribution in [-0.2, 0) is 5.75 Å². The fourth-order valence-electron chi connectivity index (χ4n) is 2.71. The summed E-state index contributed by atoms with van der Waals surface area (Å²) in [6, 6.07) is 13.7. The molecular formula is C20H17FN8O2S. The molecule has 4 aromatic rings. The molecule has 2 aromatic carbocycles. The van der Waals surface area contributed by atoms with E-state index in [4.69, 9.17) is 5.73 Å². The fraction of sp³-hybridized carbons (Fsp3) is 0.100. The lowest BCUT2D eigenvalue weighted by Gasteiger charge is -2.06. The number of aromatic nitrogens is 5. The van der Waals surface area contributed by atoms with Gasteiger partial charge in [-0.15, -0.1) is 16.9 Å². The summed E-state index contributed by atoms with van der Waals surface area (Å²) in [6.07, 6.45) is 1.33. The molecule has 0 aliphatic rings. The molecule has 0 unspecified atom stereocenters. The molecule has 32 heavy (non-hydrogen) atoms. The molecule has 3 N–H and O–H groups in total. The number of rotatable bonds is 7. The number of benzene rings is 2. The van der Waals surface area contributed by atoms with Crippen LogP contribution < -0.4 is 11.2 Å². The van der Waals surface area contributed by atoms with Crippen LogP contribution in [0.5, 0.6) is 0 Å². The van der Waals surface area contributed by atoms with Crippen molar-refractivity contribution in [2.45, 2.75) is 17.6 Å². The van der Waals surface area contributed by atoms with E-state index in [-0.39, 0.29) is 17.3 Å². The predicted molar refractivity (Wildman–Crippen MR) is 116 cm³/mol. The third-order valence-corrected chi connectivity index (χ3v) is 5.32. The second-order valence-electron chi connectivity index (χ2n) is 6.63. The Morgan fingerprint density at radius 3 is 2.81 bits per heavy atom. The fourth-order valence-corrected chi connectivity index (χ4v) is 3.60. The Bertz CT molecular complexity index is 1270. The van der Waals surface area contributed by atoms with E-state index in [1.165, 1.54) is 34.8 Å². The number of aryl methyl sites for hydroxylation is 1. The molecule has 4 rings (SSSR count). The highest BCUT2D eigenvalue weighted by molar-refractivity contribution is 7.98. The van der Waals surface area contributed by atoms with Crippen LogP contribution in [0.25, 0.3) is 5.82 Å². The van der Waals surface area contributed by atoms with Crippen LogP contribution in [0.4, 0.5) is 10.2 Å². The van der Waals surface area contributed by atoms with Crippen LogP contribution in [0.15, 0.2) is 63.2 Å². The maximum absolute atomic E-state index is 13.3. The Balaban J connectivity index is 1.57. The molecule has 12 heteroatoms. The molecular weight excluding hydrogens is 435 g/mol. The minimum absolute atomic E-state index is 0.00701. The van der Waals surface area contributed by atoms with Gasteiger partial charge in [0.05, 0.1) is 11.9 Å². The van der Waals surface area contributed by atoms with E-state index in [1.807, 2.05) is 31.2 Å². The number of carbonyl (C=O) groups is 1. The van der Waals surface area contributed by atoms with Crippen LogP contribution in [0.3, 0.4) is 0 Å². The minimum atomic E-state index is -0.599. The molecule has 2 aromatic heterocycles. The summed E-state index contributed by atoms with van der Waals surface area (Å²) < 4.78 is 19.2. The molecule has 0 atom stereocenters. The molecule has 0 aliphatic heterocycles. The van der Waals surface area contributed by atoms with Gasteiger partial charge in [0.2, 0.25) is 11.6 Å². The van der Waals surface area contributed by atoms with Crippen LogP contribution in [0.2, 0.25) is 0 Å². The van der Waals surface area contributed by atoms with Crippen LogP contribution >= 0.6 is 11.8 Å². The van der Waals surface area contributed by atoms with Crippen molar-refractivity contribution in [1.29, 1.82) is 0 Å². The van der Waals surface area contributed by atoms with Crippen molar-refractivity contribution in [2.75, 3.05) is 5.73 Å². The van der Waals surface area contributed by atoms with E-state index < -0.39 is 11.7 Å². The Labute approximate surface area is 185 Å². The second kappa shape index (κ2) is 9.39. The highest BCUT2D eigenvalue weighted by Crippen LogP contribution is 2.26. The Morgan fingerprint density at radius 1 is 1.28 bits per heavy atom. The van der Waals surface area contributed by atoms with Gasteiger partial charge < -0.3 is 5.73 Å². The summed E-state index contributed by atoms with van der Waals surface area (Å²) in [7, 11) is 0. The third-order valence-electron chi connectivity index (χ3n) is 4.30. The zero-order chi connectivity index (χ0) is 22.5. The van der Waals surface area contributed by atoms with Crippen molar-refractivity contribution in [1.82, 2.24) is 30.7 Å². The Morgan fingerprint density at radius 2 is 2.09 bits per heavy atom. The molecule has 0 fully saturated rings. The molecule has 0 saturated carbocycles. The number of hydrogen-bond donors (Lipinski definition) is 2. The van der Waals surface area contributed by atoms with E-state index >= 15 is 0 Å². The van der Waals surface area contributed by atoms with E-state index in [9.17, 15) is 9.18 Å². The molecule has 2 heterocycles. The Kier molecular flexibility index (Phi) is 6.22. The first-order chi connectivity index (χ1) is 15.5. The summed E-state index contributed by atoms with van der Waals surface area (Å²) in [5.74, 6) is -0.540. The van der Waals surface area contributed by atoms with Crippen molar-refractivity contribution in [3.8, 4) is 5.82 Å². The van der Waals surface area contributed by atoms with Crippen molar-refractivity contribution in [2.24, 2.45) is 5.10 Å². The van der Waals surface area contributed by atoms with Crippen molar-refractivity contribution >= 4 is 29.7 Å². The number of nitrogen functional groups attached to an aromatic ring is 1. The number of amides is 1. The minimum Gasteiger partial charge on any atom is -0.378 e. The summed E-state index contributed by atoms with van der Waals surface area (Å²) in [5, 5.41) is 19.1. The molecule has 0 spiro atoms. The average Bonchev–Trinajstić information content (AvgIpc) is 3.39. The standard InChI is InChI=1S/C20H17FN8O2S/c1-12-5-7-15(8-6-12)32-11-16-17(24-28-29(16)19-18(22)26-31-27-19)20(30)25-23-10-13-3-2-4-14(21)9-13/h2-10H,11H2,1H3,(H2,22,26)(H,25,30)/b23-10-. The number of carbonyl (C=O) groups excluding carboxylic acids is 1. The highest BCUT2D eigenvalue weighted by Gasteiger charge is 2.24. The number of thioether (sulfide) groups is 1. The van der Waals surface area contributed by atoms with E-state index in [0.29, 0.717) is 17.0 Å². The van der Waals surface area contributed by atoms with Gasteiger partial charge in [0.25, 0.3) is 5.91 Å². The van der Waals surface area contributed by atoms with Gasteiger partial charge in [0.1, 0.15) is 5.82 Å². The topological polar surface area (TPSA) is 137 Å². The average molecular weight is 452 g/mol. The third kappa shape index (κ3) is 4.81. The molecule has 0 radical (unpaired) electrons. The normalized spacial score (nSPS) is 11.2.